The number of nitrogens with zero attached hydrogens (tertiary/aromatic N) is 5. The van der Waals surface area contributed by atoms with Crippen LogP contribution in [0.15, 0.2) is 18.2 Å². The molecule has 1 saturated heterocycles. The molecule has 1 aromatic carbocycles. The maximum Gasteiger partial charge on any atom is 0.251 e. The molecule has 3 rings (SSSR count). The predicted octanol–water partition coefficient (Wildman–Crippen LogP) is 3.36. The molecular formula is C25H36N8O. The van der Waals surface area contributed by atoms with Gasteiger partial charge >= 0.3 is 0 Å². The van der Waals surface area contributed by atoms with E-state index in [0.717, 1.165) is 37.3 Å². The Morgan fingerprint density at radius 3 is 2.65 bits per heavy atom. The minimum absolute atomic E-state index is 0.0141. The van der Waals surface area contributed by atoms with Crippen LogP contribution in [0.5, 0.6) is 0 Å². The zero-order chi connectivity index (χ0) is 25.0. The van der Waals surface area contributed by atoms with E-state index >= 15 is 0 Å². The van der Waals surface area contributed by atoms with E-state index in [2.05, 4.69) is 54.7 Å². The monoisotopic (exact) mass is 464 g/mol. The first-order valence-corrected chi connectivity index (χ1v) is 11.6. The molecule has 2 aromatic rings. The van der Waals surface area contributed by atoms with Crippen molar-refractivity contribution >= 4 is 29.2 Å². The van der Waals surface area contributed by atoms with E-state index in [1.165, 1.54) is 0 Å². The van der Waals surface area contributed by atoms with Crippen LogP contribution in [-0.4, -0.2) is 67.6 Å². The summed E-state index contributed by atoms with van der Waals surface area (Å²) in [4.78, 5) is 25.8. The standard InChI is InChI=1S/C25H36N8O/c1-16-8-9-17(23(34)27-5)12-20(16)29-24-30-21(28-18-10-11-32(6)14-18)19(13-26)22(31-24)33(7)15-25(2,3)4/h8-9,12,18H,10-11,14-15H2,1-7H3,(H,27,34)(H2,28,29,30,31)/t18-/m1/s1. The Kier molecular flexibility index (Phi) is 7.62. The molecule has 9 nitrogen and oxygen atoms in total. The van der Waals surface area contributed by atoms with Gasteiger partial charge in [-0.2, -0.15) is 15.2 Å². The molecule has 34 heavy (non-hydrogen) atoms. The zero-order valence-electron chi connectivity index (χ0n) is 21.3. The number of likely N-dealkylation sites (tertiary alicyclic amines) is 1. The Morgan fingerprint density at radius 2 is 2.06 bits per heavy atom. The van der Waals surface area contributed by atoms with E-state index in [1.807, 2.05) is 24.9 Å². The smallest absolute Gasteiger partial charge is 0.251 e. The van der Waals surface area contributed by atoms with Gasteiger partial charge in [0.1, 0.15) is 11.6 Å². The molecule has 0 unspecified atom stereocenters. The van der Waals surface area contributed by atoms with Crippen LogP contribution in [0.1, 0.15) is 48.7 Å². The van der Waals surface area contributed by atoms with E-state index in [4.69, 9.17) is 9.97 Å². The van der Waals surface area contributed by atoms with Gasteiger partial charge in [-0.1, -0.05) is 26.8 Å². The van der Waals surface area contributed by atoms with Crippen molar-refractivity contribution in [2.45, 2.75) is 40.2 Å². The molecule has 0 spiro atoms. The lowest BCUT2D eigenvalue weighted by Crippen LogP contribution is -2.31. The lowest BCUT2D eigenvalue weighted by atomic mass is 9.96. The second-order valence-electron chi connectivity index (χ2n) is 10.2. The van der Waals surface area contributed by atoms with Crippen molar-refractivity contribution in [3.8, 4) is 6.07 Å². The van der Waals surface area contributed by atoms with Crippen molar-refractivity contribution in [2.24, 2.45) is 5.41 Å². The SMILES string of the molecule is CNC(=O)c1ccc(C)c(Nc2nc(N[C@@H]3CCN(C)C3)c(C#N)c(N(C)CC(C)(C)C)n2)c1. The van der Waals surface area contributed by atoms with Gasteiger partial charge in [-0.25, -0.2) is 0 Å². The highest BCUT2D eigenvalue weighted by molar-refractivity contribution is 5.95. The van der Waals surface area contributed by atoms with E-state index < -0.39 is 0 Å². The quantitative estimate of drug-likeness (QED) is 0.572. The zero-order valence-corrected chi connectivity index (χ0v) is 21.3. The summed E-state index contributed by atoms with van der Waals surface area (Å²) in [5.41, 5.74) is 2.68. The van der Waals surface area contributed by atoms with Crippen molar-refractivity contribution in [1.82, 2.24) is 20.2 Å². The van der Waals surface area contributed by atoms with Gasteiger partial charge < -0.3 is 25.8 Å². The Labute approximate surface area is 202 Å². The molecule has 1 aromatic heterocycles. The predicted molar refractivity (Wildman–Crippen MR) is 137 cm³/mol. The van der Waals surface area contributed by atoms with Crippen molar-refractivity contribution < 1.29 is 4.79 Å². The number of carbonyl (C=O) groups excluding carboxylic acids is 1. The summed E-state index contributed by atoms with van der Waals surface area (Å²) in [6.45, 7) is 11.0. The Hall–Kier alpha value is -3.38. The third kappa shape index (κ3) is 6.14. The lowest BCUT2D eigenvalue weighted by molar-refractivity contribution is 0.0963. The van der Waals surface area contributed by atoms with Crippen LogP contribution in [0.3, 0.4) is 0 Å². The molecule has 0 saturated carbocycles. The number of aromatic nitrogens is 2. The summed E-state index contributed by atoms with van der Waals surface area (Å²) >= 11 is 0. The summed E-state index contributed by atoms with van der Waals surface area (Å²) in [6, 6.07) is 7.99. The second kappa shape index (κ2) is 10.3. The maximum absolute atomic E-state index is 12.1. The molecule has 1 fully saturated rings. The summed E-state index contributed by atoms with van der Waals surface area (Å²) in [5, 5.41) is 19.5. The van der Waals surface area contributed by atoms with Gasteiger partial charge in [0.05, 0.1) is 0 Å². The first kappa shape index (κ1) is 25.2. The Bertz CT molecular complexity index is 1090. The summed E-state index contributed by atoms with van der Waals surface area (Å²) in [5.74, 6) is 1.31. The van der Waals surface area contributed by atoms with Gasteiger partial charge in [-0.15, -0.1) is 0 Å². The largest absolute Gasteiger partial charge is 0.365 e. The number of nitriles is 1. The average Bonchev–Trinajstić information content (AvgIpc) is 3.17. The van der Waals surface area contributed by atoms with Crippen LogP contribution >= 0.6 is 0 Å². The maximum atomic E-state index is 12.1. The fourth-order valence-electron chi connectivity index (χ4n) is 4.18. The first-order valence-electron chi connectivity index (χ1n) is 11.6. The van der Waals surface area contributed by atoms with Gasteiger partial charge in [-0.05, 0) is 50.0 Å². The number of nitrogens with one attached hydrogen (secondary N) is 3. The summed E-state index contributed by atoms with van der Waals surface area (Å²) < 4.78 is 0. The number of benzene rings is 1. The number of likely N-dealkylation sites (N-methyl/N-ethyl adjacent to an activating group) is 1. The number of carbonyl (C=O) groups is 1. The highest BCUT2D eigenvalue weighted by Gasteiger charge is 2.25. The summed E-state index contributed by atoms with van der Waals surface area (Å²) in [7, 11) is 5.64. The Balaban J connectivity index is 2.04. The number of hydrogen-bond acceptors (Lipinski definition) is 8. The minimum atomic E-state index is -0.165. The van der Waals surface area contributed by atoms with Crippen LogP contribution in [0, 0.1) is 23.7 Å². The molecule has 3 N–H and O–H groups in total. The van der Waals surface area contributed by atoms with Gasteiger partial charge in [0.15, 0.2) is 11.6 Å². The van der Waals surface area contributed by atoms with Gasteiger partial charge in [0, 0.05) is 44.5 Å². The third-order valence-corrected chi connectivity index (χ3v) is 5.78. The normalized spacial score (nSPS) is 16.1. The molecular weight excluding hydrogens is 428 g/mol. The molecule has 182 valence electrons. The lowest BCUT2D eigenvalue weighted by Gasteiger charge is -2.29. The molecule has 1 aliphatic rings. The average molecular weight is 465 g/mol. The van der Waals surface area contributed by atoms with Crippen LogP contribution in [-0.2, 0) is 0 Å². The molecule has 2 heterocycles. The summed E-state index contributed by atoms with van der Waals surface area (Å²) in [6.07, 6.45) is 0.981. The van der Waals surface area contributed by atoms with E-state index in [-0.39, 0.29) is 17.4 Å². The van der Waals surface area contributed by atoms with Crippen molar-refractivity contribution in [1.29, 1.82) is 5.26 Å². The van der Waals surface area contributed by atoms with Gasteiger partial charge in [-0.3, -0.25) is 4.79 Å². The number of rotatable bonds is 7. The van der Waals surface area contributed by atoms with Crippen LogP contribution < -0.4 is 20.9 Å². The molecule has 0 aliphatic carbocycles. The number of aryl methyl sites for hydroxylation is 1. The van der Waals surface area contributed by atoms with E-state index in [9.17, 15) is 10.1 Å². The molecule has 0 radical (unpaired) electrons. The molecule has 1 amide bonds. The van der Waals surface area contributed by atoms with Crippen molar-refractivity contribution in [3.05, 3.63) is 34.9 Å². The molecule has 1 aliphatic heterocycles. The Morgan fingerprint density at radius 1 is 1.32 bits per heavy atom. The van der Waals surface area contributed by atoms with E-state index in [0.29, 0.717) is 28.7 Å². The number of amides is 1. The van der Waals surface area contributed by atoms with Gasteiger partial charge in [0.2, 0.25) is 5.95 Å². The number of anilines is 4. The van der Waals surface area contributed by atoms with Crippen LogP contribution in [0.2, 0.25) is 0 Å². The fraction of sp³-hybridized carbons (Fsp3) is 0.520. The fourth-order valence-corrected chi connectivity index (χ4v) is 4.18. The van der Waals surface area contributed by atoms with Gasteiger partial charge in [0.25, 0.3) is 5.91 Å². The van der Waals surface area contributed by atoms with Crippen molar-refractivity contribution in [2.75, 3.05) is 56.3 Å². The minimum Gasteiger partial charge on any atom is -0.365 e. The second-order valence-corrected chi connectivity index (χ2v) is 10.2. The highest BCUT2D eigenvalue weighted by atomic mass is 16.1. The van der Waals surface area contributed by atoms with Crippen LogP contribution in [0.25, 0.3) is 0 Å². The number of hydrogen-bond donors (Lipinski definition) is 3. The van der Waals surface area contributed by atoms with Crippen LogP contribution in [0.4, 0.5) is 23.3 Å². The molecule has 0 bridgehead atoms. The van der Waals surface area contributed by atoms with Crippen molar-refractivity contribution in [3.63, 3.8) is 0 Å². The molecule has 1 atom stereocenters. The topological polar surface area (TPSA) is 109 Å². The van der Waals surface area contributed by atoms with E-state index in [1.54, 1.807) is 19.2 Å². The molecule has 9 heteroatoms. The first-order chi connectivity index (χ1) is 16.0. The third-order valence-electron chi connectivity index (χ3n) is 5.78. The highest BCUT2D eigenvalue weighted by Crippen LogP contribution is 2.30.